The summed E-state index contributed by atoms with van der Waals surface area (Å²) < 4.78 is 22.9. The minimum absolute atomic E-state index is 0. The Hall–Kier alpha value is -1.10. The van der Waals surface area contributed by atoms with Crippen LogP contribution in [0.2, 0.25) is 0 Å². The number of guanidine groups is 1. The van der Waals surface area contributed by atoms with Crippen LogP contribution in [0, 0.1) is 12.8 Å². The molecule has 2 aliphatic heterocycles. The van der Waals surface area contributed by atoms with Crippen molar-refractivity contribution in [2.24, 2.45) is 10.9 Å². The van der Waals surface area contributed by atoms with Gasteiger partial charge in [-0.15, -0.1) is 24.0 Å². The molecule has 2 aliphatic rings. The van der Waals surface area contributed by atoms with Gasteiger partial charge in [-0.1, -0.05) is 12.1 Å². The van der Waals surface area contributed by atoms with Crippen LogP contribution in [0.3, 0.4) is 0 Å². The van der Waals surface area contributed by atoms with E-state index in [0.29, 0.717) is 25.6 Å². The number of nitrogens with zero attached hydrogens (tertiary/aromatic N) is 1. The van der Waals surface area contributed by atoms with Crippen LogP contribution in [0.5, 0.6) is 5.75 Å². The van der Waals surface area contributed by atoms with Gasteiger partial charge in [0.1, 0.15) is 5.75 Å². The summed E-state index contributed by atoms with van der Waals surface area (Å²) in [5.41, 5.74) is 2.11. The normalized spacial score (nSPS) is 21.0. The Labute approximate surface area is 197 Å². The fourth-order valence-electron chi connectivity index (χ4n) is 3.71. The van der Waals surface area contributed by atoms with Gasteiger partial charge in [0.2, 0.25) is 0 Å². The zero-order valence-corrected chi connectivity index (χ0v) is 20.7. The summed E-state index contributed by atoms with van der Waals surface area (Å²) >= 11 is 0. The van der Waals surface area contributed by atoms with Crippen LogP contribution in [-0.4, -0.2) is 65.3 Å². The third-order valence-electron chi connectivity index (χ3n) is 5.81. The zero-order chi connectivity index (χ0) is 20.5. The maximum atomic E-state index is 6.14. The van der Waals surface area contributed by atoms with Crippen molar-refractivity contribution in [2.75, 3.05) is 53.7 Å². The maximum Gasteiger partial charge on any atom is 0.191 e. The largest absolute Gasteiger partial charge is 0.493 e. The first-order valence-electron chi connectivity index (χ1n) is 10.5. The van der Waals surface area contributed by atoms with E-state index in [1.54, 1.807) is 14.2 Å². The highest BCUT2D eigenvalue weighted by Gasteiger charge is 2.32. The molecule has 0 aliphatic carbocycles. The molecule has 0 aromatic heterocycles. The number of halogens is 1. The van der Waals surface area contributed by atoms with E-state index in [0.717, 1.165) is 63.0 Å². The van der Waals surface area contributed by atoms with Crippen LogP contribution in [-0.2, 0) is 20.8 Å². The molecule has 170 valence electrons. The smallest absolute Gasteiger partial charge is 0.191 e. The molecule has 7 nitrogen and oxygen atoms in total. The van der Waals surface area contributed by atoms with Crippen LogP contribution in [0.15, 0.2) is 23.2 Å². The van der Waals surface area contributed by atoms with Gasteiger partial charge in [-0.3, -0.25) is 4.99 Å². The number of nitrogens with one attached hydrogen (secondary N) is 2. The highest BCUT2D eigenvalue weighted by atomic mass is 127. The summed E-state index contributed by atoms with van der Waals surface area (Å²) in [6.07, 6.45) is 2.84. The molecule has 30 heavy (non-hydrogen) atoms. The van der Waals surface area contributed by atoms with Gasteiger partial charge in [0.25, 0.3) is 0 Å². The topological polar surface area (TPSA) is 73.3 Å². The predicted molar refractivity (Wildman–Crippen MR) is 129 cm³/mol. The Kier molecular flexibility index (Phi) is 10.6. The number of methoxy groups -OCH3 is 1. The Balaban J connectivity index is 0.00000320. The molecule has 3 rings (SSSR count). The monoisotopic (exact) mass is 533 g/mol. The number of aryl methyl sites for hydroxylation is 1. The molecule has 2 saturated heterocycles. The molecular weight excluding hydrogens is 497 g/mol. The summed E-state index contributed by atoms with van der Waals surface area (Å²) in [6, 6.07) is 6.33. The second-order valence-corrected chi connectivity index (χ2v) is 7.93. The van der Waals surface area contributed by atoms with E-state index in [2.05, 4.69) is 40.7 Å². The average Bonchev–Trinajstić information content (AvgIpc) is 3.28. The molecule has 1 aromatic rings. The van der Waals surface area contributed by atoms with Crippen LogP contribution in [0.1, 0.15) is 30.4 Å². The lowest BCUT2D eigenvalue weighted by molar-refractivity contribution is -0.0855. The van der Waals surface area contributed by atoms with Crippen molar-refractivity contribution in [3.63, 3.8) is 0 Å². The lowest BCUT2D eigenvalue weighted by Crippen LogP contribution is -2.50. The molecule has 8 heteroatoms. The van der Waals surface area contributed by atoms with E-state index in [9.17, 15) is 0 Å². The Bertz CT molecular complexity index is 674. The lowest BCUT2D eigenvalue weighted by atomic mass is 9.94. The summed E-state index contributed by atoms with van der Waals surface area (Å²) in [5, 5.41) is 6.81. The number of benzene rings is 1. The fraction of sp³-hybridized carbons (Fsp3) is 0.682. The first-order chi connectivity index (χ1) is 14.1. The van der Waals surface area contributed by atoms with Crippen molar-refractivity contribution in [1.82, 2.24) is 10.6 Å². The molecule has 1 atom stereocenters. The average molecular weight is 533 g/mol. The van der Waals surface area contributed by atoms with E-state index in [-0.39, 0.29) is 29.6 Å². The third-order valence-corrected chi connectivity index (χ3v) is 5.81. The number of aliphatic imine (C=N–C) groups is 1. The number of hydrogen-bond donors (Lipinski definition) is 2. The number of ether oxygens (including phenoxy) is 4. The van der Waals surface area contributed by atoms with E-state index in [1.165, 1.54) is 5.56 Å². The Morgan fingerprint density at radius 3 is 2.67 bits per heavy atom. The molecular formula is C22H36IN3O4. The standard InChI is InChI=1S/C22H35N3O4.HI/c1-17-4-5-19(20(12-17)29-15-18-6-9-28-14-18)13-24-21(23-2)25-16-22(26-3)7-10-27-11-8-22;/h4-5,12,18H,6-11,13-16H2,1-3H3,(H2,23,24,25);1H. The summed E-state index contributed by atoms with van der Waals surface area (Å²) in [4.78, 5) is 4.36. The van der Waals surface area contributed by atoms with E-state index in [1.807, 2.05) is 0 Å². The van der Waals surface area contributed by atoms with Gasteiger partial charge in [-0.05, 0) is 25.0 Å². The SMILES string of the molecule is CN=C(NCc1ccc(C)cc1OCC1CCOC1)NCC1(OC)CCOCC1.I. The Morgan fingerprint density at radius 1 is 1.20 bits per heavy atom. The quantitative estimate of drug-likeness (QED) is 0.304. The maximum absolute atomic E-state index is 6.14. The van der Waals surface area contributed by atoms with Crippen LogP contribution in [0.4, 0.5) is 0 Å². The second-order valence-electron chi connectivity index (χ2n) is 7.93. The van der Waals surface area contributed by atoms with Crippen LogP contribution >= 0.6 is 24.0 Å². The molecule has 1 unspecified atom stereocenters. The molecule has 0 radical (unpaired) electrons. The zero-order valence-electron chi connectivity index (χ0n) is 18.4. The van der Waals surface area contributed by atoms with E-state index in [4.69, 9.17) is 18.9 Å². The summed E-state index contributed by atoms with van der Waals surface area (Å²) in [6.45, 7) is 7.22. The molecule has 0 saturated carbocycles. The van der Waals surface area contributed by atoms with Gasteiger partial charge in [-0.2, -0.15) is 0 Å². The minimum atomic E-state index is -0.197. The lowest BCUT2D eigenvalue weighted by Gasteiger charge is -2.36. The van der Waals surface area contributed by atoms with Crippen molar-refractivity contribution >= 4 is 29.9 Å². The number of rotatable bonds is 8. The first kappa shape index (κ1) is 25.2. The van der Waals surface area contributed by atoms with E-state index >= 15 is 0 Å². The third kappa shape index (κ3) is 7.25. The van der Waals surface area contributed by atoms with Gasteiger partial charge in [-0.25, -0.2) is 0 Å². The van der Waals surface area contributed by atoms with Gasteiger partial charge in [0.05, 0.1) is 18.8 Å². The minimum Gasteiger partial charge on any atom is -0.493 e. The molecule has 1 aromatic carbocycles. The van der Waals surface area contributed by atoms with Gasteiger partial charge < -0.3 is 29.6 Å². The molecule has 2 N–H and O–H groups in total. The highest BCUT2D eigenvalue weighted by Crippen LogP contribution is 2.24. The fourth-order valence-corrected chi connectivity index (χ4v) is 3.71. The van der Waals surface area contributed by atoms with Crippen molar-refractivity contribution in [3.8, 4) is 5.75 Å². The van der Waals surface area contributed by atoms with Crippen molar-refractivity contribution in [3.05, 3.63) is 29.3 Å². The van der Waals surface area contributed by atoms with Crippen molar-refractivity contribution in [2.45, 2.75) is 38.3 Å². The number of hydrogen-bond acceptors (Lipinski definition) is 5. The van der Waals surface area contributed by atoms with Crippen molar-refractivity contribution < 1.29 is 18.9 Å². The molecule has 0 amide bonds. The molecule has 0 bridgehead atoms. The van der Waals surface area contributed by atoms with Gasteiger partial charge in [0, 0.05) is 71.4 Å². The van der Waals surface area contributed by atoms with E-state index < -0.39 is 0 Å². The molecule has 2 fully saturated rings. The van der Waals surface area contributed by atoms with Gasteiger partial charge >= 0.3 is 0 Å². The highest BCUT2D eigenvalue weighted by molar-refractivity contribution is 14.0. The summed E-state index contributed by atoms with van der Waals surface area (Å²) in [5.74, 6) is 2.16. The summed E-state index contributed by atoms with van der Waals surface area (Å²) in [7, 11) is 3.56. The first-order valence-corrected chi connectivity index (χ1v) is 10.5. The molecule has 0 spiro atoms. The predicted octanol–water partition coefficient (Wildman–Crippen LogP) is 2.89. The second kappa shape index (κ2) is 12.7. The van der Waals surface area contributed by atoms with Gasteiger partial charge in [0.15, 0.2) is 5.96 Å². The molecule has 2 heterocycles. The van der Waals surface area contributed by atoms with Crippen molar-refractivity contribution in [1.29, 1.82) is 0 Å². The van der Waals surface area contributed by atoms with Crippen LogP contribution < -0.4 is 15.4 Å². The Morgan fingerprint density at radius 2 is 2.00 bits per heavy atom. The van der Waals surface area contributed by atoms with Crippen LogP contribution in [0.25, 0.3) is 0 Å².